The molecule has 0 bridgehead atoms. The van der Waals surface area contributed by atoms with Gasteiger partial charge >= 0.3 is 0 Å². The zero-order chi connectivity index (χ0) is 34.2. The van der Waals surface area contributed by atoms with Crippen LogP contribution in [0.1, 0.15) is 28.2 Å². The Morgan fingerprint density at radius 3 is 1.56 bits per heavy atom. The Morgan fingerprint density at radius 2 is 0.940 bits per heavy atom. The number of aromatic nitrogens is 1. The number of anilines is 5. The van der Waals surface area contributed by atoms with Crippen molar-refractivity contribution in [3.05, 3.63) is 198 Å². The van der Waals surface area contributed by atoms with Gasteiger partial charge < -0.3 is 14.4 Å². The maximum Gasteiger partial charge on any atom is 0.123 e. The van der Waals surface area contributed by atoms with Crippen LogP contribution in [0.15, 0.2) is 170 Å². The molecule has 1 unspecified atom stereocenters. The van der Waals surface area contributed by atoms with Crippen molar-refractivity contribution in [2.75, 3.05) is 16.8 Å². The van der Waals surface area contributed by atoms with Gasteiger partial charge in [-0.15, -0.1) is 0 Å². The van der Waals surface area contributed by atoms with Crippen LogP contribution >= 0.6 is 0 Å². The highest BCUT2D eigenvalue weighted by Gasteiger charge is 2.20. The fourth-order valence-corrected chi connectivity index (χ4v) is 7.16. The highest BCUT2D eigenvalue weighted by molar-refractivity contribution is 6.10. The predicted octanol–water partition coefficient (Wildman–Crippen LogP) is 12.2. The largest absolute Gasteiger partial charge is 0.345 e. The van der Waals surface area contributed by atoms with Crippen LogP contribution in [0, 0.1) is 12.7 Å². The molecular weight excluding hydrogens is 614 g/mol. The second-order valence-corrected chi connectivity index (χ2v) is 13.0. The number of halogens is 1. The van der Waals surface area contributed by atoms with Crippen molar-refractivity contribution in [3.8, 4) is 0 Å². The van der Waals surface area contributed by atoms with Gasteiger partial charge in [0.15, 0.2) is 0 Å². The second-order valence-electron chi connectivity index (χ2n) is 13.0. The standard InChI is InChI=1S/C46H38FN3/c1-32-14-16-34(17-15-32)46(33-10-6-4-7-11-33)35-18-22-39(23-19-35)50(38-12-8-5-9-13-38)41-27-29-43-42-28-26-40(30-44(42)49(3)45(43)31-41)48(2)37-24-20-36(47)21-25-37/h4-31,46H,1-3H3. The van der Waals surface area contributed by atoms with Gasteiger partial charge in [-0.25, -0.2) is 4.39 Å². The number of para-hydroxylation sites is 1. The third-order valence-corrected chi connectivity index (χ3v) is 9.88. The van der Waals surface area contributed by atoms with E-state index >= 15 is 0 Å². The van der Waals surface area contributed by atoms with Crippen molar-refractivity contribution in [1.82, 2.24) is 4.57 Å². The molecule has 244 valence electrons. The minimum absolute atomic E-state index is 0.134. The molecule has 0 saturated carbocycles. The van der Waals surface area contributed by atoms with Crippen molar-refractivity contribution >= 4 is 50.2 Å². The molecule has 0 saturated heterocycles. The molecule has 1 aromatic heterocycles. The molecular formula is C46H38FN3. The Bertz CT molecular complexity index is 2400. The van der Waals surface area contributed by atoms with E-state index in [1.54, 1.807) is 0 Å². The molecule has 0 radical (unpaired) electrons. The fourth-order valence-electron chi connectivity index (χ4n) is 7.16. The summed E-state index contributed by atoms with van der Waals surface area (Å²) in [4.78, 5) is 4.42. The van der Waals surface area contributed by atoms with Gasteiger partial charge in [0.05, 0.1) is 11.0 Å². The number of benzene rings is 7. The number of hydrogen-bond donors (Lipinski definition) is 0. The van der Waals surface area contributed by atoms with E-state index in [9.17, 15) is 4.39 Å². The van der Waals surface area contributed by atoms with Crippen molar-refractivity contribution in [2.24, 2.45) is 7.05 Å². The Hall–Kier alpha value is -6.13. The van der Waals surface area contributed by atoms with E-state index in [2.05, 4.69) is 174 Å². The molecule has 0 amide bonds. The maximum atomic E-state index is 13.6. The van der Waals surface area contributed by atoms with Crippen LogP contribution < -0.4 is 9.80 Å². The molecule has 4 heteroatoms. The normalized spacial score (nSPS) is 11.9. The molecule has 0 aliphatic carbocycles. The molecule has 50 heavy (non-hydrogen) atoms. The number of nitrogens with zero attached hydrogens (tertiary/aromatic N) is 3. The van der Waals surface area contributed by atoms with Gasteiger partial charge in [-0.3, -0.25) is 0 Å². The first-order valence-corrected chi connectivity index (χ1v) is 17.0. The maximum absolute atomic E-state index is 13.6. The molecule has 0 spiro atoms. The highest BCUT2D eigenvalue weighted by atomic mass is 19.1. The molecule has 8 aromatic rings. The zero-order valence-electron chi connectivity index (χ0n) is 28.5. The minimum atomic E-state index is -0.235. The van der Waals surface area contributed by atoms with Crippen molar-refractivity contribution < 1.29 is 4.39 Å². The smallest absolute Gasteiger partial charge is 0.123 e. The average Bonchev–Trinajstić information content (AvgIpc) is 3.44. The van der Waals surface area contributed by atoms with Gasteiger partial charge in [0, 0.05) is 59.2 Å². The predicted molar refractivity (Wildman–Crippen MR) is 208 cm³/mol. The summed E-state index contributed by atoms with van der Waals surface area (Å²) in [6, 6.07) is 59.2. The van der Waals surface area contributed by atoms with Crippen LogP contribution in [0.4, 0.5) is 32.8 Å². The number of fused-ring (bicyclic) bond motifs is 3. The summed E-state index contributed by atoms with van der Waals surface area (Å²) in [7, 11) is 4.15. The lowest BCUT2D eigenvalue weighted by atomic mass is 9.85. The average molecular weight is 652 g/mol. The third kappa shape index (κ3) is 5.79. The van der Waals surface area contributed by atoms with Crippen LogP contribution in [-0.2, 0) is 7.05 Å². The quantitative estimate of drug-likeness (QED) is 0.152. The monoisotopic (exact) mass is 651 g/mol. The lowest BCUT2D eigenvalue weighted by molar-refractivity contribution is 0.628. The Morgan fingerprint density at radius 1 is 0.480 bits per heavy atom. The summed E-state index contributed by atoms with van der Waals surface area (Å²) in [5, 5.41) is 2.40. The summed E-state index contributed by atoms with van der Waals surface area (Å²) in [6.07, 6.45) is 0. The molecule has 0 N–H and O–H groups in total. The fraction of sp³-hybridized carbons (Fsp3) is 0.0870. The van der Waals surface area contributed by atoms with Gasteiger partial charge in [-0.05, 0) is 96.4 Å². The number of rotatable bonds is 8. The summed E-state index contributed by atoms with van der Waals surface area (Å²) in [6.45, 7) is 2.13. The van der Waals surface area contributed by atoms with Crippen molar-refractivity contribution in [3.63, 3.8) is 0 Å². The van der Waals surface area contributed by atoms with Crippen molar-refractivity contribution in [2.45, 2.75) is 12.8 Å². The van der Waals surface area contributed by atoms with E-state index < -0.39 is 0 Å². The Balaban J connectivity index is 1.19. The lowest BCUT2D eigenvalue weighted by Gasteiger charge is -2.26. The lowest BCUT2D eigenvalue weighted by Crippen LogP contribution is -2.10. The first-order chi connectivity index (χ1) is 24.4. The van der Waals surface area contributed by atoms with Crippen LogP contribution in [0.25, 0.3) is 21.8 Å². The van der Waals surface area contributed by atoms with Gasteiger partial charge in [0.25, 0.3) is 0 Å². The van der Waals surface area contributed by atoms with E-state index in [-0.39, 0.29) is 11.7 Å². The van der Waals surface area contributed by atoms with Crippen LogP contribution in [0.2, 0.25) is 0 Å². The van der Waals surface area contributed by atoms with E-state index in [0.29, 0.717) is 0 Å². The molecule has 1 atom stereocenters. The van der Waals surface area contributed by atoms with Crippen LogP contribution in [-0.4, -0.2) is 11.6 Å². The Kier molecular flexibility index (Phi) is 8.14. The third-order valence-electron chi connectivity index (χ3n) is 9.88. The molecule has 8 rings (SSSR count). The molecule has 7 aromatic carbocycles. The SMILES string of the molecule is Cc1ccc(C(c2ccccc2)c2ccc(N(c3ccccc3)c3ccc4c5ccc(N(C)c6ccc(F)cc6)cc5n(C)c4c3)cc2)cc1. The first-order valence-electron chi connectivity index (χ1n) is 17.0. The Labute approximate surface area is 293 Å². The van der Waals surface area contributed by atoms with Gasteiger partial charge in [-0.2, -0.15) is 0 Å². The molecule has 0 aliphatic rings. The summed E-state index contributed by atoms with van der Waals surface area (Å²) >= 11 is 0. The highest BCUT2D eigenvalue weighted by Crippen LogP contribution is 2.40. The van der Waals surface area contributed by atoms with Crippen LogP contribution in [0.5, 0.6) is 0 Å². The molecule has 1 heterocycles. The van der Waals surface area contributed by atoms with Crippen molar-refractivity contribution in [1.29, 1.82) is 0 Å². The number of hydrogen-bond acceptors (Lipinski definition) is 2. The van der Waals surface area contributed by atoms with Gasteiger partial charge in [0.1, 0.15) is 5.82 Å². The van der Waals surface area contributed by atoms with E-state index in [4.69, 9.17) is 0 Å². The van der Waals surface area contributed by atoms with E-state index in [1.165, 1.54) is 45.2 Å². The summed E-state index contributed by atoms with van der Waals surface area (Å²) < 4.78 is 15.9. The summed E-state index contributed by atoms with van der Waals surface area (Å²) in [5.74, 6) is -0.101. The van der Waals surface area contributed by atoms with E-state index in [0.717, 1.165) is 39.5 Å². The molecule has 0 fully saturated rings. The molecule has 0 aliphatic heterocycles. The zero-order valence-corrected chi connectivity index (χ0v) is 28.5. The molecule has 3 nitrogen and oxygen atoms in total. The first kappa shape index (κ1) is 31.2. The van der Waals surface area contributed by atoms with Gasteiger partial charge in [-0.1, -0.05) is 103 Å². The topological polar surface area (TPSA) is 11.4 Å². The van der Waals surface area contributed by atoms with E-state index in [1.807, 2.05) is 19.2 Å². The number of aryl methyl sites for hydroxylation is 2. The second kappa shape index (κ2) is 13.1. The van der Waals surface area contributed by atoms with Crippen LogP contribution in [0.3, 0.4) is 0 Å². The minimum Gasteiger partial charge on any atom is -0.345 e. The summed E-state index contributed by atoms with van der Waals surface area (Å²) in [5.41, 5.74) is 12.6. The van der Waals surface area contributed by atoms with Gasteiger partial charge in [0.2, 0.25) is 0 Å².